The van der Waals surface area contributed by atoms with Crippen LogP contribution in [0.1, 0.15) is 50.2 Å². The first-order chi connectivity index (χ1) is 12.5. The topological polar surface area (TPSA) is 61.4 Å². The van der Waals surface area contributed by atoms with Crippen LogP contribution in [0.5, 0.6) is 0 Å². The Kier molecular flexibility index (Phi) is 5.81. The second kappa shape index (κ2) is 8.25. The van der Waals surface area contributed by atoms with Crippen molar-refractivity contribution in [2.45, 2.75) is 53.6 Å². The van der Waals surface area contributed by atoms with Gasteiger partial charge in [-0.15, -0.1) is 10.2 Å². The molecule has 0 spiro atoms. The lowest BCUT2D eigenvalue weighted by atomic mass is 9.99. The molecule has 1 aromatic carbocycles. The zero-order valence-electron chi connectivity index (χ0n) is 16.1. The van der Waals surface area contributed by atoms with E-state index in [0.717, 1.165) is 37.3 Å². The maximum absolute atomic E-state index is 4.33. The average molecular weight is 352 g/mol. The summed E-state index contributed by atoms with van der Waals surface area (Å²) in [5.41, 5.74) is 4.54. The molecule has 2 heterocycles. The van der Waals surface area contributed by atoms with E-state index in [0.29, 0.717) is 11.8 Å². The van der Waals surface area contributed by atoms with Crippen LogP contribution in [0.4, 0.5) is 0 Å². The van der Waals surface area contributed by atoms with Gasteiger partial charge in [0.1, 0.15) is 0 Å². The Hall–Kier alpha value is -2.50. The minimum absolute atomic E-state index is 0.560. The van der Waals surface area contributed by atoms with E-state index in [2.05, 4.69) is 85.0 Å². The Labute approximate surface area is 155 Å². The number of rotatable bonds is 8. The molecule has 0 radical (unpaired) electrons. The molecule has 0 fully saturated rings. The van der Waals surface area contributed by atoms with Crippen molar-refractivity contribution < 1.29 is 0 Å². The van der Waals surface area contributed by atoms with Gasteiger partial charge in [0.25, 0.3) is 0 Å². The van der Waals surface area contributed by atoms with Crippen molar-refractivity contribution in [3.63, 3.8) is 0 Å². The molecule has 0 aliphatic carbocycles. The standard InChI is InChI=1S/C20H28N6/c1-15(2)11-25-13-19(21-23-25)9-17-7-5-6-8-18(17)10-20-14-26(24-22-20)12-16(3)4/h5-8,13-16H,9-12H2,1-4H3. The summed E-state index contributed by atoms with van der Waals surface area (Å²) in [5.74, 6) is 1.12. The van der Waals surface area contributed by atoms with Gasteiger partial charge < -0.3 is 0 Å². The monoisotopic (exact) mass is 352 g/mol. The van der Waals surface area contributed by atoms with Crippen LogP contribution < -0.4 is 0 Å². The van der Waals surface area contributed by atoms with Crippen LogP contribution in [0, 0.1) is 11.8 Å². The molecule has 0 N–H and O–H groups in total. The fourth-order valence-electron chi connectivity index (χ4n) is 3.06. The molecule has 6 nitrogen and oxygen atoms in total. The number of nitrogens with zero attached hydrogens (tertiary/aromatic N) is 6. The summed E-state index contributed by atoms with van der Waals surface area (Å²) < 4.78 is 3.86. The Bertz CT molecular complexity index is 761. The van der Waals surface area contributed by atoms with Gasteiger partial charge in [0.05, 0.1) is 11.4 Å². The molecule has 6 heteroatoms. The lowest BCUT2D eigenvalue weighted by Crippen LogP contribution is -2.04. The summed E-state index contributed by atoms with van der Waals surface area (Å²) >= 11 is 0. The molecular formula is C20H28N6. The fourth-order valence-corrected chi connectivity index (χ4v) is 3.06. The summed E-state index contributed by atoms with van der Waals surface area (Å²) in [5, 5.41) is 17.1. The molecular weight excluding hydrogens is 324 g/mol. The van der Waals surface area contributed by atoms with Gasteiger partial charge >= 0.3 is 0 Å². The largest absolute Gasteiger partial charge is 0.252 e. The number of hydrogen-bond acceptors (Lipinski definition) is 4. The molecule has 138 valence electrons. The molecule has 0 bridgehead atoms. The van der Waals surface area contributed by atoms with Crippen molar-refractivity contribution in [3.8, 4) is 0 Å². The summed E-state index contributed by atoms with van der Waals surface area (Å²) in [6, 6.07) is 8.48. The molecule has 26 heavy (non-hydrogen) atoms. The predicted molar refractivity (Wildman–Crippen MR) is 102 cm³/mol. The summed E-state index contributed by atoms with van der Waals surface area (Å²) in [6.45, 7) is 10.5. The normalized spacial score (nSPS) is 11.6. The van der Waals surface area contributed by atoms with Gasteiger partial charge in [-0.3, -0.25) is 9.36 Å². The maximum Gasteiger partial charge on any atom is 0.0870 e. The maximum atomic E-state index is 4.33. The lowest BCUT2D eigenvalue weighted by Gasteiger charge is -2.06. The van der Waals surface area contributed by atoms with Crippen LogP contribution >= 0.6 is 0 Å². The molecule has 3 aromatic rings. The number of hydrogen-bond donors (Lipinski definition) is 0. The van der Waals surface area contributed by atoms with Crippen LogP contribution in [-0.4, -0.2) is 30.0 Å². The highest BCUT2D eigenvalue weighted by molar-refractivity contribution is 5.32. The average Bonchev–Trinajstić information content (AvgIpc) is 3.18. The Balaban J connectivity index is 1.72. The third kappa shape index (κ3) is 5.00. The van der Waals surface area contributed by atoms with Gasteiger partial charge in [-0.1, -0.05) is 62.4 Å². The van der Waals surface area contributed by atoms with Gasteiger partial charge in [0.2, 0.25) is 0 Å². The van der Waals surface area contributed by atoms with E-state index in [9.17, 15) is 0 Å². The SMILES string of the molecule is CC(C)Cn1cc(Cc2ccccc2Cc2cn(CC(C)C)nn2)nn1. The third-order valence-corrected chi connectivity index (χ3v) is 4.14. The minimum atomic E-state index is 0.560. The first kappa shape index (κ1) is 18.3. The fraction of sp³-hybridized carbons (Fsp3) is 0.500. The molecule has 3 rings (SSSR count). The van der Waals surface area contributed by atoms with E-state index < -0.39 is 0 Å². The highest BCUT2D eigenvalue weighted by Gasteiger charge is 2.10. The molecule has 2 aromatic heterocycles. The molecule has 0 saturated heterocycles. The smallest absolute Gasteiger partial charge is 0.0870 e. The van der Waals surface area contributed by atoms with E-state index in [1.165, 1.54) is 11.1 Å². The van der Waals surface area contributed by atoms with Crippen molar-refractivity contribution >= 4 is 0 Å². The first-order valence-corrected chi connectivity index (χ1v) is 9.34. The van der Waals surface area contributed by atoms with E-state index in [1.807, 2.05) is 9.36 Å². The minimum Gasteiger partial charge on any atom is -0.252 e. The molecule has 0 amide bonds. The Morgan fingerprint density at radius 1 is 0.731 bits per heavy atom. The predicted octanol–water partition coefficient (Wildman–Crippen LogP) is 3.36. The second-order valence-electron chi connectivity index (χ2n) is 7.77. The van der Waals surface area contributed by atoms with Crippen molar-refractivity contribution in [1.82, 2.24) is 30.0 Å². The Morgan fingerprint density at radius 2 is 1.15 bits per heavy atom. The molecule has 0 aliphatic heterocycles. The Morgan fingerprint density at radius 3 is 1.54 bits per heavy atom. The third-order valence-electron chi connectivity index (χ3n) is 4.14. The molecule has 0 aliphatic rings. The highest BCUT2D eigenvalue weighted by Crippen LogP contribution is 2.16. The van der Waals surface area contributed by atoms with Crippen molar-refractivity contribution in [2.24, 2.45) is 11.8 Å². The van der Waals surface area contributed by atoms with Gasteiger partial charge in [0.15, 0.2) is 0 Å². The number of aromatic nitrogens is 6. The van der Waals surface area contributed by atoms with Gasteiger partial charge in [-0.05, 0) is 23.0 Å². The van der Waals surface area contributed by atoms with Crippen molar-refractivity contribution in [3.05, 3.63) is 59.2 Å². The van der Waals surface area contributed by atoms with Crippen LogP contribution in [-0.2, 0) is 25.9 Å². The van der Waals surface area contributed by atoms with E-state index >= 15 is 0 Å². The van der Waals surface area contributed by atoms with Crippen molar-refractivity contribution in [2.75, 3.05) is 0 Å². The summed E-state index contributed by atoms with van der Waals surface area (Å²) in [4.78, 5) is 0. The van der Waals surface area contributed by atoms with Crippen molar-refractivity contribution in [1.29, 1.82) is 0 Å². The van der Waals surface area contributed by atoms with Crippen LogP contribution in [0.15, 0.2) is 36.7 Å². The van der Waals surface area contributed by atoms with E-state index in [1.54, 1.807) is 0 Å². The van der Waals surface area contributed by atoms with Gasteiger partial charge in [-0.2, -0.15) is 0 Å². The van der Waals surface area contributed by atoms with E-state index in [4.69, 9.17) is 0 Å². The lowest BCUT2D eigenvalue weighted by molar-refractivity contribution is 0.472. The second-order valence-corrected chi connectivity index (χ2v) is 7.77. The van der Waals surface area contributed by atoms with Crippen LogP contribution in [0.3, 0.4) is 0 Å². The van der Waals surface area contributed by atoms with Crippen LogP contribution in [0.25, 0.3) is 0 Å². The summed E-state index contributed by atoms with van der Waals surface area (Å²) in [7, 11) is 0. The highest BCUT2D eigenvalue weighted by atomic mass is 15.4. The zero-order chi connectivity index (χ0) is 18.5. The quantitative estimate of drug-likeness (QED) is 0.624. The molecule has 0 unspecified atom stereocenters. The van der Waals surface area contributed by atoms with E-state index in [-0.39, 0.29) is 0 Å². The van der Waals surface area contributed by atoms with Crippen LogP contribution in [0.2, 0.25) is 0 Å². The first-order valence-electron chi connectivity index (χ1n) is 9.34. The molecule has 0 saturated carbocycles. The summed E-state index contributed by atoms with van der Waals surface area (Å²) in [6.07, 6.45) is 5.67. The zero-order valence-corrected chi connectivity index (χ0v) is 16.1. The number of benzene rings is 1. The molecule has 0 atom stereocenters. The van der Waals surface area contributed by atoms with Gasteiger partial charge in [0, 0.05) is 38.3 Å². The van der Waals surface area contributed by atoms with Gasteiger partial charge in [-0.25, -0.2) is 0 Å².